The molecule has 16 heavy (non-hydrogen) atoms. The monoisotopic (exact) mass is 224 g/mol. The Hall–Kier alpha value is -1.36. The summed E-state index contributed by atoms with van der Waals surface area (Å²) in [5, 5.41) is 6.95. The van der Waals surface area contributed by atoms with E-state index < -0.39 is 0 Å². The largest absolute Gasteiger partial charge is 0.327 e. The molecule has 0 aliphatic carbocycles. The first kappa shape index (κ1) is 12.7. The normalized spacial score (nSPS) is 13.6. The molecule has 5 heteroatoms. The zero-order chi connectivity index (χ0) is 12.3. The standard InChI is InChI=1S/C11H20N4O/c1-8(12)5-10(16)14-9-6-13-15(7-9)11(2,3)4/h6-8H,5,12H2,1-4H3,(H,14,16). The van der Waals surface area contributed by atoms with Crippen LogP contribution in [0.5, 0.6) is 0 Å². The van der Waals surface area contributed by atoms with Crippen LogP contribution >= 0.6 is 0 Å². The van der Waals surface area contributed by atoms with E-state index in [4.69, 9.17) is 5.73 Å². The van der Waals surface area contributed by atoms with Gasteiger partial charge in [0.1, 0.15) is 0 Å². The Morgan fingerprint density at radius 2 is 2.25 bits per heavy atom. The second-order valence-corrected chi connectivity index (χ2v) is 5.07. The molecule has 1 heterocycles. The van der Waals surface area contributed by atoms with E-state index in [1.54, 1.807) is 13.1 Å². The molecule has 0 aliphatic rings. The lowest BCUT2D eigenvalue weighted by atomic mass is 10.1. The predicted molar refractivity (Wildman–Crippen MR) is 64.1 cm³/mol. The van der Waals surface area contributed by atoms with Crippen LogP contribution in [0, 0.1) is 0 Å². The van der Waals surface area contributed by atoms with E-state index >= 15 is 0 Å². The van der Waals surface area contributed by atoms with Gasteiger partial charge in [-0.3, -0.25) is 9.48 Å². The van der Waals surface area contributed by atoms with Crippen molar-refractivity contribution >= 4 is 11.6 Å². The lowest BCUT2D eigenvalue weighted by Crippen LogP contribution is -2.24. The lowest BCUT2D eigenvalue weighted by Gasteiger charge is -2.18. The van der Waals surface area contributed by atoms with Crippen molar-refractivity contribution in [2.45, 2.75) is 45.7 Å². The van der Waals surface area contributed by atoms with Gasteiger partial charge in [0.25, 0.3) is 0 Å². The van der Waals surface area contributed by atoms with E-state index in [9.17, 15) is 4.79 Å². The highest BCUT2D eigenvalue weighted by atomic mass is 16.1. The zero-order valence-electron chi connectivity index (χ0n) is 10.3. The summed E-state index contributed by atoms with van der Waals surface area (Å²) in [6.45, 7) is 7.95. The van der Waals surface area contributed by atoms with Gasteiger partial charge in [0.05, 0.1) is 17.4 Å². The van der Waals surface area contributed by atoms with Crippen molar-refractivity contribution in [2.75, 3.05) is 5.32 Å². The summed E-state index contributed by atoms with van der Waals surface area (Å²) < 4.78 is 1.81. The van der Waals surface area contributed by atoms with E-state index in [0.717, 1.165) is 0 Å². The van der Waals surface area contributed by atoms with Crippen molar-refractivity contribution in [1.29, 1.82) is 0 Å². The summed E-state index contributed by atoms with van der Waals surface area (Å²) in [4.78, 5) is 11.5. The molecule has 1 unspecified atom stereocenters. The molecule has 90 valence electrons. The third-order valence-electron chi connectivity index (χ3n) is 2.06. The third kappa shape index (κ3) is 3.66. The number of aromatic nitrogens is 2. The number of nitrogens with two attached hydrogens (primary N) is 1. The van der Waals surface area contributed by atoms with Crippen LogP contribution in [0.1, 0.15) is 34.1 Å². The number of carbonyl (C=O) groups is 1. The zero-order valence-corrected chi connectivity index (χ0v) is 10.3. The highest BCUT2D eigenvalue weighted by molar-refractivity contribution is 5.90. The Balaban J connectivity index is 2.62. The molecule has 1 aromatic rings. The summed E-state index contributed by atoms with van der Waals surface area (Å²) >= 11 is 0. The van der Waals surface area contributed by atoms with E-state index in [1.165, 1.54) is 0 Å². The van der Waals surface area contributed by atoms with Gasteiger partial charge in [0.15, 0.2) is 0 Å². The van der Waals surface area contributed by atoms with Crippen LogP contribution in [0.3, 0.4) is 0 Å². The van der Waals surface area contributed by atoms with Gasteiger partial charge >= 0.3 is 0 Å². The van der Waals surface area contributed by atoms with Crippen molar-refractivity contribution in [3.63, 3.8) is 0 Å². The van der Waals surface area contributed by atoms with Crippen LogP contribution in [-0.4, -0.2) is 21.7 Å². The van der Waals surface area contributed by atoms with Crippen LogP contribution < -0.4 is 11.1 Å². The minimum Gasteiger partial charge on any atom is -0.327 e. The van der Waals surface area contributed by atoms with E-state index in [2.05, 4.69) is 10.4 Å². The molecule has 0 saturated carbocycles. The number of carbonyl (C=O) groups excluding carboxylic acids is 1. The van der Waals surface area contributed by atoms with Crippen LogP contribution in [0.15, 0.2) is 12.4 Å². The number of anilines is 1. The number of nitrogens with one attached hydrogen (secondary N) is 1. The first-order valence-corrected chi connectivity index (χ1v) is 5.39. The number of rotatable bonds is 3. The van der Waals surface area contributed by atoms with Gasteiger partial charge in [-0.25, -0.2) is 0 Å². The van der Waals surface area contributed by atoms with Crippen molar-refractivity contribution in [2.24, 2.45) is 5.73 Å². The summed E-state index contributed by atoms with van der Waals surface area (Å²) in [5.41, 5.74) is 6.17. The Morgan fingerprint density at radius 3 is 2.69 bits per heavy atom. The minimum atomic E-state index is -0.127. The molecule has 0 saturated heterocycles. The lowest BCUT2D eigenvalue weighted by molar-refractivity contribution is -0.116. The molecule has 0 radical (unpaired) electrons. The van der Waals surface area contributed by atoms with Crippen molar-refractivity contribution < 1.29 is 4.79 Å². The molecule has 1 amide bonds. The number of nitrogens with zero attached hydrogens (tertiary/aromatic N) is 2. The van der Waals surface area contributed by atoms with Crippen molar-refractivity contribution in [3.8, 4) is 0 Å². The van der Waals surface area contributed by atoms with Gasteiger partial charge in [0, 0.05) is 18.7 Å². The van der Waals surface area contributed by atoms with Crippen molar-refractivity contribution in [3.05, 3.63) is 12.4 Å². The topological polar surface area (TPSA) is 72.9 Å². The quantitative estimate of drug-likeness (QED) is 0.813. The summed E-state index contributed by atoms with van der Waals surface area (Å²) in [6.07, 6.45) is 3.78. The highest BCUT2D eigenvalue weighted by Gasteiger charge is 2.14. The van der Waals surface area contributed by atoms with E-state index in [0.29, 0.717) is 12.1 Å². The fourth-order valence-electron chi connectivity index (χ4n) is 1.26. The van der Waals surface area contributed by atoms with Crippen LogP contribution in [0.2, 0.25) is 0 Å². The van der Waals surface area contributed by atoms with Gasteiger partial charge in [0.2, 0.25) is 5.91 Å². The van der Waals surface area contributed by atoms with Crippen molar-refractivity contribution in [1.82, 2.24) is 9.78 Å². The molecular formula is C11H20N4O. The fraction of sp³-hybridized carbons (Fsp3) is 0.636. The second kappa shape index (κ2) is 4.65. The van der Waals surface area contributed by atoms with Crippen LogP contribution in [-0.2, 0) is 10.3 Å². The number of amides is 1. The van der Waals surface area contributed by atoms with Crippen LogP contribution in [0.25, 0.3) is 0 Å². The Kier molecular flexibility index (Phi) is 3.70. The summed E-state index contributed by atoms with van der Waals surface area (Å²) in [5.74, 6) is -0.0801. The molecule has 0 spiro atoms. The first-order valence-electron chi connectivity index (χ1n) is 5.39. The Labute approximate surface area is 96.0 Å². The average Bonchev–Trinajstić information content (AvgIpc) is 2.49. The average molecular weight is 224 g/mol. The molecule has 3 N–H and O–H groups in total. The smallest absolute Gasteiger partial charge is 0.226 e. The molecule has 1 rings (SSSR count). The molecule has 1 atom stereocenters. The van der Waals surface area contributed by atoms with E-state index in [1.807, 2.05) is 31.6 Å². The van der Waals surface area contributed by atoms with Gasteiger partial charge < -0.3 is 11.1 Å². The summed E-state index contributed by atoms with van der Waals surface area (Å²) in [6, 6.07) is -0.127. The van der Waals surface area contributed by atoms with E-state index in [-0.39, 0.29) is 17.5 Å². The Morgan fingerprint density at radius 1 is 1.62 bits per heavy atom. The maximum atomic E-state index is 11.5. The summed E-state index contributed by atoms with van der Waals surface area (Å²) in [7, 11) is 0. The minimum absolute atomic E-state index is 0.0792. The van der Waals surface area contributed by atoms with Gasteiger partial charge in [-0.05, 0) is 27.7 Å². The van der Waals surface area contributed by atoms with Gasteiger partial charge in [-0.15, -0.1) is 0 Å². The highest BCUT2D eigenvalue weighted by Crippen LogP contribution is 2.15. The maximum absolute atomic E-state index is 11.5. The van der Waals surface area contributed by atoms with Gasteiger partial charge in [-0.1, -0.05) is 0 Å². The maximum Gasteiger partial charge on any atom is 0.226 e. The molecule has 0 aliphatic heterocycles. The number of hydrogen-bond acceptors (Lipinski definition) is 3. The number of hydrogen-bond donors (Lipinski definition) is 2. The third-order valence-corrected chi connectivity index (χ3v) is 2.06. The van der Waals surface area contributed by atoms with Gasteiger partial charge in [-0.2, -0.15) is 5.10 Å². The molecule has 0 fully saturated rings. The molecular weight excluding hydrogens is 204 g/mol. The molecule has 0 aromatic carbocycles. The van der Waals surface area contributed by atoms with Crippen LogP contribution in [0.4, 0.5) is 5.69 Å². The molecule has 1 aromatic heterocycles. The Bertz CT molecular complexity index is 362. The molecule has 0 bridgehead atoms. The fourth-order valence-corrected chi connectivity index (χ4v) is 1.26. The first-order chi connectivity index (χ1) is 7.29. The second-order valence-electron chi connectivity index (χ2n) is 5.07. The SMILES string of the molecule is CC(N)CC(=O)Nc1cnn(C(C)(C)C)c1. The predicted octanol–water partition coefficient (Wildman–Crippen LogP) is 1.31. The molecule has 5 nitrogen and oxygen atoms in total.